The lowest BCUT2D eigenvalue weighted by Gasteiger charge is -2.19. The van der Waals surface area contributed by atoms with Gasteiger partial charge in [-0.25, -0.2) is 9.78 Å². The number of hydrogen-bond acceptors (Lipinski definition) is 6. The van der Waals surface area contributed by atoms with Crippen molar-refractivity contribution >= 4 is 22.4 Å². The van der Waals surface area contributed by atoms with Crippen molar-refractivity contribution in [2.45, 2.75) is 38.8 Å². The maximum absolute atomic E-state index is 11.5. The van der Waals surface area contributed by atoms with Crippen LogP contribution in [0.1, 0.15) is 35.1 Å². The Kier molecular flexibility index (Phi) is 4.19. The summed E-state index contributed by atoms with van der Waals surface area (Å²) in [7, 11) is 1.36. The molecule has 2 unspecified atom stereocenters. The van der Waals surface area contributed by atoms with Crippen molar-refractivity contribution in [1.82, 2.24) is 4.98 Å². The van der Waals surface area contributed by atoms with Gasteiger partial charge >= 0.3 is 5.97 Å². The molecule has 5 nitrogen and oxygen atoms in total. The fourth-order valence-electron chi connectivity index (χ4n) is 2.03. The molecule has 1 saturated heterocycles. The average Bonchev–Trinajstić information content (AvgIpc) is 2.97. The Morgan fingerprint density at radius 2 is 2.44 bits per heavy atom. The molecule has 1 aromatic heterocycles. The molecule has 1 N–H and O–H groups in total. The van der Waals surface area contributed by atoms with Crippen molar-refractivity contribution in [3.8, 4) is 0 Å². The van der Waals surface area contributed by atoms with Crippen molar-refractivity contribution in [3.05, 3.63) is 10.6 Å². The first kappa shape index (κ1) is 13.3. The fourth-order valence-corrected chi connectivity index (χ4v) is 2.93. The van der Waals surface area contributed by atoms with Gasteiger partial charge in [0.25, 0.3) is 0 Å². The molecule has 0 spiro atoms. The van der Waals surface area contributed by atoms with E-state index in [2.05, 4.69) is 22.0 Å². The number of aromatic nitrogens is 1. The summed E-state index contributed by atoms with van der Waals surface area (Å²) in [5, 5.41) is 4.04. The molecule has 100 valence electrons. The maximum Gasteiger partial charge on any atom is 0.357 e. The van der Waals surface area contributed by atoms with Crippen LogP contribution in [-0.2, 0) is 9.47 Å². The van der Waals surface area contributed by atoms with Gasteiger partial charge in [-0.2, -0.15) is 0 Å². The normalized spacial score (nSPS) is 20.7. The van der Waals surface area contributed by atoms with Gasteiger partial charge in [-0.3, -0.25) is 0 Å². The Labute approximate surface area is 111 Å². The van der Waals surface area contributed by atoms with Crippen LogP contribution in [0.2, 0.25) is 0 Å². The van der Waals surface area contributed by atoms with Crippen LogP contribution in [0.15, 0.2) is 0 Å². The largest absolute Gasteiger partial charge is 0.464 e. The van der Waals surface area contributed by atoms with Crippen molar-refractivity contribution in [2.24, 2.45) is 0 Å². The van der Waals surface area contributed by atoms with E-state index < -0.39 is 0 Å². The Bertz CT molecular complexity index is 427. The highest BCUT2D eigenvalue weighted by Gasteiger charge is 2.24. The quantitative estimate of drug-likeness (QED) is 0.850. The highest BCUT2D eigenvalue weighted by atomic mass is 32.1. The van der Waals surface area contributed by atoms with E-state index in [0.717, 1.165) is 29.5 Å². The van der Waals surface area contributed by atoms with Gasteiger partial charge in [0, 0.05) is 11.5 Å². The van der Waals surface area contributed by atoms with Gasteiger partial charge in [-0.15, -0.1) is 11.3 Å². The number of carbonyl (C=O) groups is 1. The van der Waals surface area contributed by atoms with Gasteiger partial charge in [0.15, 0.2) is 10.8 Å². The Hall–Kier alpha value is -1.14. The molecule has 1 aromatic rings. The highest BCUT2D eigenvalue weighted by Crippen LogP contribution is 2.25. The lowest BCUT2D eigenvalue weighted by atomic mass is 10.1. The SMILES string of the molecule is COC(=O)c1nc(NC(C)C2CCCO2)sc1C. The number of rotatable bonds is 4. The van der Waals surface area contributed by atoms with Gasteiger partial charge in [-0.1, -0.05) is 0 Å². The van der Waals surface area contributed by atoms with E-state index in [4.69, 9.17) is 4.74 Å². The van der Waals surface area contributed by atoms with Crippen LogP contribution in [0.5, 0.6) is 0 Å². The summed E-state index contributed by atoms with van der Waals surface area (Å²) in [6, 6.07) is 0.198. The number of nitrogens with zero attached hydrogens (tertiary/aromatic N) is 1. The molecule has 0 aliphatic carbocycles. The van der Waals surface area contributed by atoms with Gasteiger partial charge in [-0.05, 0) is 26.7 Å². The van der Waals surface area contributed by atoms with Crippen LogP contribution in [0, 0.1) is 6.92 Å². The van der Waals surface area contributed by atoms with Crippen molar-refractivity contribution < 1.29 is 14.3 Å². The van der Waals surface area contributed by atoms with E-state index in [1.165, 1.54) is 18.4 Å². The third kappa shape index (κ3) is 2.81. The Morgan fingerprint density at radius 3 is 3.06 bits per heavy atom. The smallest absolute Gasteiger partial charge is 0.357 e. The van der Waals surface area contributed by atoms with E-state index in [-0.39, 0.29) is 18.1 Å². The zero-order valence-corrected chi connectivity index (χ0v) is 11.7. The molecule has 1 aliphatic heterocycles. The minimum atomic E-state index is -0.387. The molecule has 0 bridgehead atoms. The number of thiazole rings is 1. The zero-order chi connectivity index (χ0) is 13.1. The van der Waals surface area contributed by atoms with Crippen molar-refractivity contribution in [3.63, 3.8) is 0 Å². The summed E-state index contributed by atoms with van der Waals surface area (Å²) in [6.45, 7) is 4.78. The third-order valence-corrected chi connectivity index (χ3v) is 3.95. The van der Waals surface area contributed by atoms with Gasteiger partial charge in [0.05, 0.1) is 19.3 Å². The van der Waals surface area contributed by atoms with Crippen LogP contribution >= 0.6 is 11.3 Å². The summed E-state index contributed by atoms with van der Waals surface area (Å²) in [6.07, 6.45) is 2.42. The number of nitrogens with one attached hydrogen (secondary N) is 1. The number of carbonyl (C=O) groups excluding carboxylic acids is 1. The van der Waals surface area contributed by atoms with Gasteiger partial charge in [0.1, 0.15) is 0 Å². The predicted octanol–water partition coefficient (Wildman–Crippen LogP) is 2.22. The molecular weight excluding hydrogens is 252 g/mol. The molecule has 18 heavy (non-hydrogen) atoms. The number of esters is 1. The number of ether oxygens (including phenoxy) is 2. The molecule has 6 heteroatoms. The number of hydrogen-bond donors (Lipinski definition) is 1. The molecule has 1 fully saturated rings. The average molecular weight is 270 g/mol. The standard InChI is InChI=1S/C12H18N2O3S/c1-7(9-5-4-6-17-9)13-12-14-10(8(2)18-12)11(15)16-3/h7,9H,4-6H2,1-3H3,(H,13,14). The first-order valence-electron chi connectivity index (χ1n) is 6.05. The molecule has 2 atom stereocenters. The molecule has 1 aliphatic rings. The van der Waals surface area contributed by atoms with Gasteiger partial charge in [0.2, 0.25) is 0 Å². The summed E-state index contributed by atoms with van der Waals surface area (Å²) in [5.74, 6) is -0.387. The molecule has 2 rings (SSSR count). The molecule has 0 amide bonds. The van der Waals surface area contributed by atoms with Crippen LogP contribution in [0.4, 0.5) is 5.13 Å². The summed E-state index contributed by atoms with van der Waals surface area (Å²) >= 11 is 1.47. The lowest BCUT2D eigenvalue weighted by molar-refractivity contribution is 0.0594. The molecular formula is C12H18N2O3S. The minimum Gasteiger partial charge on any atom is -0.464 e. The Morgan fingerprint density at radius 1 is 1.67 bits per heavy atom. The molecule has 2 heterocycles. The van der Waals surface area contributed by atoms with E-state index in [1.54, 1.807) is 0 Å². The second-order valence-electron chi connectivity index (χ2n) is 4.40. The van der Waals surface area contributed by atoms with E-state index in [1.807, 2.05) is 6.92 Å². The summed E-state index contributed by atoms with van der Waals surface area (Å²) in [5.41, 5.74) is 0.393. The van der Waals surface area contributed by atoms with Crippen LogP contribution in [-0.4, -0.2) is 36.8 Å². The summed E-state index contributed by atoms with van der Waals surface area (Å²) < 4.78 is 10.3. The fraction of sp³-hybridized carbons (Fsp3) is 0.667. The van der Waals surface area contributed by atoms with Crippen LogP contribution in [0.3, 0.4) is 0 Å². The second kappa shape index (κ2) is 5.67. The first-order chi connectivity index (χ1) is 8.61. The highest BCUT2D eigenvalue weighted by molar-refractivity contribution is 7.15. The zero-order valence-electron chi connectivity index (χ0n) is 10.9. The maximum atomic E-state index is 11.5. The van der Waals surface area contributed by atoms with Crippen LogP contribution < -0.4 is 5.32 Å². The van der Waals surface area contributed by atoms with Crippen LogP contribution in [0.25, 0.3) is 0 Å². The number of aryl methyl sites for hydroxylation is 1. The monoisotopic (exact) mass is 270 g/mol. The first-order valence-corrected chi connectivity index (χ1v) is 6.87. The van der Waals surface area contributed by atoms with Gasteiger partial charge < -0.3 is 14.8 Å². The second-order valence-corrected chi connectivity index (χ2v) is 5.60. The lowest BCUT2D eigenvalue weighted by Crippen LogP contribution is -2.29. The summed E-state index contributed by atoms with van der Waals surface area (Å²) in [4.78, 5) is 16.6. The van der Waals surface area contributed by atoms with E-state index >= 15 is 0 Å². The topological polar surface area (TPSA) is 60.5 Å². The predicted molar refractivity (Wildman–Crippen MR) is 70.2 cm³/mol. The number of methoxy groups -OCH3 is 1. The molecule has 0 saturated carbocycles. The third-order valence-electron chi connectivity index (χ3n) is 3.05. The number of anilines is 1. The molecule has 0 aromatic carbocycles. The van der Waals surface area contributed by atoms with E-state index in [0.29, 0.717) is 5.69 Å². The Balaban J connectivity index is 2.03. The van der Waals surface area contributed by atoms with Crippen molar-refractivity contribution in [2.75, 3.05) is 19.0 Å². The van der Waals surface area contributed by atoms with E-state index in [9.17, 15) is 4.79 Å². The molecule has 0 radical (unpaired) electrons. The van der Waals surface area contributed by atoms with Crippen molar-refractivity contribution in [1.29, 1.82) is 0 Å². The minimum absolute atomic E-state index is 0.198.